The van der Waals surface area contributed by atoms with Gasteiger partial charge in [-0.05, 0) is 69.1 Å². The van der Waals surface area contributed by atoms with E-state index in [4.69, 9.17) is 18.8 Å². The third kappa shape index (κ3) is 4.09. The maximum atomic E-state index is 13.6. The van der Waals surface area contributed by atoms with Crippen LogP contribution in [0.15, 0.2) is 12.1 Å². The Morgan fingerprint density at radius 2 is 1.74 bits per heavy atom. The topological polar surface area (TPSA) is 72.5 Å². The minimum atomic E-state index is -0.405. The van der Waals surface area contributed by atoms with Crippen molar-refractivity contribution >= 4 is 18.6 Å². The Hall–Kier alpha value is -1.65. The second-order valence-electron chi connectivity index (χ2n) is 11.7. The SMILES string of the molecule is CC1(C)OB(c2cc3c(c([C@@H]4COCCN4)c2)CN(C(=O)N2C4CCC2COC4)CC3)OC1(C)C. The van der Waals surface area contributed by atoms with Gasteiger partial charge in [0.1, 0.15) is 0 Å². The van der Waals surface area contributed by atoms with E-state index in [1.165, 1.54) is 16.7 Å². The van der Waals surface area contributed by atoms with Crippen LogP contribution in [0.3, 0.4) is 0 Å². The lowest BCUT2D eigenvalue weighted by Crippen LogP contribution is -2.55. The average molecular weight is 483 g/mol. The fourth-order valence-electron chi connectivity index (χ4n) is 6.18. The molecule has 2 bridgehead atoms. The number of morpholine rings is 2. The van der Waals surface area contributed by atoms with Crippen LogP contribution in [0.5, 0.6) is 0 Å². The number of urea groups is 1. The smallest absolute Gasteiger partial charge is 0.399 e. The number of carbonyl (C=O) groups is 1. The maximum Gasteiger partial charge on any atom is 0.494 e. The van der Waals surface area contributed by atoms with E-state index in [1.807, 2.05) is 4.90 Å². The summed E-state index contributed by atoms with van der Waals surface area (Å²) in [6.07, 6.45) is 2.92. The van der Waals surface area contributed by atoms with Gasteiger partial charge in [0.2, 0.25) is 0 Å². The highest BCUT2D eigenvalue weighted by Crippen LogP contribution is 2.38. The van der Waals surface area contributed by atoms with Gasteiger partial charge >= 0.3 is 13.1 Å². The highest BCUT2D eigenvalue weighted by molar-refractivity contribution is 6.62. The Bertz CT molecular complexity index is 963. The molecule has 1 aromatic rings. The number of hydrogen-bond donors (Lipinski definition) is 1. The van der Waals surface area contributed by atoms with Crippen molar-refractivity contribution < 1.29 is 23.6 Å². The molecule has 4 saturated heterocycles. The molecule has 3 atom stereocenters. The molecular formula is C26H38BN3O5. The zero-order valence-corrected chi connectivity index (χ0v) is 21.5. The number of carbonyl (C=O) groups excluding carboxylic acids is 1. The molecule has 5 heterocycles. The van der Waals surface area contributed by atoms with Crippen LogP contribution in [0.25, 0.3) is 0 Å². The molecule has 0 aliphatic carbocycles. The van der Waals surface area contributed by atoms with Gasteiger partial charge in [-0.15, -0.1) is 0 Å². The zero-order valence-electron chi connectivity index (χ0n) is 21.5. The summed E-state index contributed by atoms with van der Waals surface area (Å²) in [7, 11) is -0.405. The number of rotatable bonds is 2. The molecule has 8 nitrogen and oxygen atoms in total. The quantitative estimate of drug-likeness (QED) is 0.649. The van der Waals surface area contributed by atoms with Crippen molar-refractivity contribution in [2.45, 2.75) is 82.8 Å². The molecule has 6 rings (SSSR count). The first-order valence-corrected chi connectivity index (χ1v) is 13.2. The summed E-state index contributed by atoms with van der Waals surface area (Å²) in [4.78, 5) is 17.8. The molecule has 5 aliphatic heterocycles. The number of fused-ring (bicyclic) bond motifs is 3. The molecule has 0 aromatic heterocycles. The second-order valence-corrected chi connectivity index (χ2v) is 11.7. The molecule has 4 fully saturated rings. The zero-order chi connectivity index (χ0) is 24.4. The predicted octanol–water partition coefficient (Wildman–Crippen LogP) is 1.99. The lowest BCUT2D eigenvalue weighted by atomic mass is 9.74. The molecule has 2 amide bonds. The minimum absolute atomic E-state index is 0.0921. The summed E-state index contributed by atoms with van der Waals surface area (Å²) in [5.74, 6) is 0. The Morgan fingerprint density at radius 1 is 1.03 bits per heavy atom. The number of hydrogen-bond acceptors (Lipinski definition) is 6. The third-order valence-corrected chi connectivity index (χ3v) is 8.95. The average Bonchev–Trinajstić information content (AvgIpc) is 3.23. The standard InChI is InChI=1S/C26H38BN3O5/c1-25(2)26(3,4)35-27(34-25)18-11-17-7-9-29(24(31)30-19-5-6-20(30)15-33-14-19)13-22(17)21(12-18)23-16-32-10-8-28-23/h11-12,19-20,23,28H,5-10,13-16H2,1-4H3/t19?,20?,23-/m0/s1. The lowest BCUT2D eigenvalue weighted by Gasteiger charge is -2.40. The van der Waals surface area contributed by atoms with Crippen LogP contribution >= 0.6 is 0 Å². The van der Waals surface area contributed by atoms with Crippen molar-refractivity contribution in [2.75, 3.05) is 39.5 Å². The summed E-state index contributed by atoms with van der Waals surface area (Å²) in [5.41, 5.74) is 4.01. The molecule has 1 N–H and O–H groups in total. The molecule has 0 spiro atoms. The van der Waals surface area contributed by atoms with Crippen molar-refractivity contribution in [3.63, 3.8) is 0 Å². The second kappa shape index (κ2) is 8.73. The third-order valence-electron chi connectivity index (χ3n) is 8.95. The van der Waals surface area contributed by atoms with Crippen LogP contribution in [0.1, 0.15) is 63.3 Å². The van der Waals surface area contributed by atoms with Crippen LogP contribution in [-0.4, -0.2) is 85.8 Å². The van der Waals surface area contributed by atoms with E-state index in [0.717, 1.165) is 44.4 Å². The number of nitrogens with zero attached hydrogens (tertiary/aromatic N) is 2. The van der Waals surface area contributed by atoms with Gasteiger partial charge in [0.05, 0.1) is 55.8 Å². The molecule has 190 valence electrons. The Morgan fingerprint density at radius 3 is 2.40 bits per heavy atom. The Kier molecular flexibility index (Phi) is 5.92. The summed E-state index contributed by atoms with van der Waals surface area (Å²) in [6.45, 7) is 13.2. The molecule has 9 heteroatoms. The summed E-state index contributed by atoms with van der Waals surface area (Å²) in [5, 5.41) is 3.63. The van der Waals surface area contributed by atoms with Crippen molar-refractivity contribution in [1.82, 2.24) is 15.1 Å². The molecule has 35 heavy (non-hydrogen) atoms. The molecule has 0 saturated carbocycles. The number of amides is 2. The first kappa shape index (κ1) is 23.7. The first-order valence-electron chi connectivity index (χ1n) is 13.2. The number of benzene rings is 1. The van der Waals surface area contributed by atoms with Crippen molar-refractivity contribution in [3.05, 3.63) is 28.8 Å². The Labute approximate surface area is 208 Å². The molecule has 1 aromatic carbocycles. The van der Waals surface area contributed by atoms with E-state index in [9.17, 15) is 4.79 Å². The van der Waals surface area contributed by atoms with Crippen LogP contribution < -0.4 is 10.8 Å². The fourth-order valence-corrected chi connectivity index (χ4v) is 6.18. The van der Waals surface area contributed by atoms with E-state index < -0.39 is 7.12 Å². The summed E-state index contributed by atoms with van der Waals surface area (Å²) >= 11 is 0. The van der Waals surface area contributed by atoms with Gasteiger partial charge in [0, 0.05) is 19.6 Å². The maximum absolute atomic E-state index is 13.6. The predicted molar refractivity (Wildman–Crippen MR) is 133 cm³/mol. The largest absolute Gasteiger partial charge is 0.494 e. The van der Waals surface area contributed by atoms with Gasteiger partial charge in [-0.1, -0.05) is 12.1 Å². The minimum Gasteiger partial charge on any atom is -0.399 e. The van der Waals surface area contributed by atoms with Crippen LogP contribution in [-0.2, 0) is 31.7 Å². The normalized spacial score (nSPS) is 31.5. The highest BCUT2D eigenvalue weighted by Gasteiger charge is 2.52. The van der Waals surface area contributed by atoms with E-state index >= 15 is 0 Å². The molecular weight excluding hydrogens is 445 g/mol. The van der Waals surface area contributed by atoms with E-state index in [-0.39, 0.29) is 35.4 Å². The van der Waals surface area contributed by atoms with Crippen LogP contribution in [0, 0.1) is 0 Å². The van der Waals surface area contributed by atoms with Gasteiger partial charge in [-0.3, -0.25) is 0 Å². The lowest BCUT2D eigenvalue weighted by molar-refractivity contribution is -0.00296. The van der Waals surface area contributed by atoms with E-state index in [2.05, 4.69) is 50.0 Å². The van der Waals surface area contributed by atoms with Crippen molar-refractivity contribution in [2.24, 2.45) is 0 Å². The number of nitrogens with one attached hydrogen (secondary N) is 1. The molecule has 0 radical (unpaired) electrons. The van der Waals surface area contributed by atoms with Gasteiger partial charge in [-0.25, -0.2) is 4.79 Å². The van der Waals surface area contributed by atoms with Gasteiger partial charge in [-0.2, -0.15) is 0 Å². The fraction of sp³-hybridized carbons (Fsp3) is 0.731. The molecule has 2 unspecified atom stereocenters. The van der Waals surface area contributed by atoms with Gasteiger partial charge in [0.25, 0.3) is 0 Å². The first-order chi connectivity index (χ1) is 16.7. The van der Waals surface area contributed by atoms with Crippen molar-refractivity contribution in [1.29, 1.82) is 0 Å². The van der Waals surface area contributed by atoms with E-state index in [0.29, 0.717) is 26.4 Å². The van der Waals surface area contributed by atoms with Crippen LogP contribution in [0.4, 0.5) is 4.79 Å². The van der Waals surface area contributed by atoms with Crippen molar-refractivity contribution in [3.8, 4) is 0 Å². The Balaban J connectivity index is 1.31. The van der Waals surface area contributed by atoms with E-state index in [1.54, 1.807) is 0 Å². The number of ether oxygens (including phenoxy) is 2. The van der Waals surface area contributed by atoms with Gasteiger partial charge < -0.3 is 33.9 Å². The highest BCUT2D eigenvalue weighted by atomic mass is 16.7. The van der Waals surface area contributed by atoms with Crippen LogP contribution in [0.2, 0.25) is 0 Å². The summed E-state index contributed by atoms with van der Waals surface area (Å²) in [6, 6.07) is 5.17. The van der Waals surface area contributed by atoms with Gasteiger partial charge in [0.15, 0.2) is 0 Å². The monoisotopic (exact) mass is 483 g/mol. The summed E-state index contributed by atoms with van der Waals surface area (Å²) < 4.78 is 24.3. The molecule has 5 aliphatic rings.